The fraction of sp³-hybridized carbons (Fsp3) is 0.538. The van der Waals surface area contributed by atoms with Crippen molar-refractivity contribution in [3.8, 4) is 0 Å². The molecule has 0 saturated carbocycles. The smallest absolute Gasteiger partial charge is 0.300 e. The highest BCUT2D eigenvalue weighted by atomic mass is 32.2. The van der Waals surface area contributed by atoms with E-state index in [1.54, 1.807) is 16.7 Å². The summed E-state index contributed by atoms with van der Waals surface area (Å²) in [7, 11) is 0. The van der Waals surface area contributed by atoms with Gasteiger partial charge in [0, 0.05) is 37.2 Å². The molecule has 1 aromatic rings. The van der Waals surface area contributed by atoms with Gasteiger partial charge in [-0.2, -0.15) is 11.8 Å². The monoisotopic (exact) mass is 310 g/mol. The van der Waals surface area contributed by atoms with Gasteiger partial charge in [-0.25, -0.2) is 4.98 Å². The quantitative estimate of drug-likeness (QED) is 0.661. The minimum absolute atomic E-state index is 0.112. The van der Waals surface area contributed by atoms with Crippen molar-refractivity contribution in [1.29, 1.82) is 0 Å². The second-order valence-corrected chi connectivity index (χ2v) is 5.90. The largest absolute Gasteiger partial charge is 0.370 e. The molecule has 0 bridgehead atoms. The van der Waals surface area contributed by atoms with Gasteiger partial charge in [-0.05, 0) is 6.42 Å². The van der Waals surface area contributed by atoms with Crippen LogP contribution < -0.4 is 5.32 Å². The summed E-state index contributed by atoms with van der Waals surface area (Å²) in [6, 6.07) is 1.48. The molecule has 0 atom stereocenters. The molecule has 1 aromatic heterocycles. The molecule has 8 heteroatoms. The number of nitrogens with zero attached hydrogens (tertiary/aromatic N) is 3. The Balaban J connectivity index is 2.28. The summed E-state index contributed by atoms with van der Waals surface area (Å²) in [4.78, 5) is 28.7. The Labute approximate surface area is 127 Å². The molecule has 0 spiro atoms. The van der Waals surface area contributed by atoms with E-state index in [1.165, 1.54) is 6.07 Å². The van der Waals surface area contributed by atoms with Gasteiger partial charge in [-0.1, -0.05) is 6.92 Å². The van der Waals surface area contributed by atoms with Gasteiger partial charge in [0.25, 0.3) is 11.6 Å². The highest BCUT2D eigenvalue weighted by molar-refractivity contribution is 7.99. The van der Waals surface area contributed by atoms with Gasteiger partial charge in [-0.15, -0.1) is 0 Å². The fourth-order valence-electron chi connectivity index (χ4n) is 2.05. The van der Waals surface area contributed by atoms with Crippen LogP contribution in [0.4, 0.5) is 11.5 Å². The molecule has 1 aliphatic heterocycles. The summed E-state index contributed by atoms with van der Waals surface area (Å²) < 4.78 is 0. The van der Waals surface area contributed by atoms with E-state index >= 15 is 0 Å². The van der Waals surface area contributed by atoms with Crippen molar-refractivity contribution in [2.75, 3.05) is 36.5 Å². The number of hydrogen-bond acceptors (Lipinski definition) is 6. The van der Waals surface area contributed by atoms with Gasteiger partial charge in [-0.3, -0.25) is 14.9 Å². The fourth-order valence-corrected chi connectivity index (χ4v) is 2.95. The Hall–Kier alpha value is -1.83. The van der Waals surface area contributed by atoms with Crippen LogP contribution >= 0.6 is 11.8 Å². The lowest BCUT2D eigenvalue weighted by Gasteiger charge is -2.26. The minimum Gasteiger partial charge on any atom is -0.370 e. The number of carbonyl (C=O) groups is 1. The van der Waals surface area contributed by atoms with E-state index in [0.717, 1.165) is 24.1 Å². The van der Waals surface area contributed by atoms with Crippen LogP contribution in [0.2, 0.25) is 0 Å². The predicted molar refractivity (Wildman–Crippen MR) is 82.9 cm³/mol. The molecular formula is C13H18N4O3S. The average molecular weight is 310 g/mol. The van der Waals surface area contributed by atoms with Crippen molar-refractivity contribution in [3.05, 3.63) is 27.9 Å². The Bertz CT molecular complexity index is 532. The first-order valence-electron chi connectivity index (χ1n) is 6.88. The summed E-state index contributed by atoms with van der Waals surface area (Å²) in [6.45, 7) is 3.97. The molecule has 1 N–H and O–H groups in total. The van der Waals surface area contributed by atoms with E-state index in [-0.39, 0.29) is 17.2 Å². The lowest BCUT2D eigenvalue weighted by molar-refractivity contribution is -0.385. The van der Waals surface area contributed by atoms with E-state index in [2.05, 4.69) is 10.3 Å². The normalized spacial score (nSPS) is 14.8. The standard InChI is InChI=1S/C13H18N4O3S/c1-2-3-14-12-8-10(11(9-15-12)17(19)20)13(18)16-4-6-21-7-5-16/h8-9H,2-7H2,1H3,(H,14,15). The average Bonchev–Trinajstić information content (AvgIpc) is 2.52. The molecule has 1 aliphatic rings. The third-order valence-corrected chi connectivity index (χ3v) is 4.11. The zero-order valence-corrected chi connectivity index (χ0v) is 12.7. The summed E-state index contributed by atoms with van der Waals surface area (Å²) in [5.74, 6) is 1.94. The van der Waals surface area contributed by atoms with Crippen molar-refractivity contribution in [1.82, 2.24) is 9.88 Å². The van der Waals surface area contributed by atoms with Gasteiger partial charge in [0.15, 0.2) is 0 Å². The van der Waals surface area contributed by atoms with Crippen LogP contribution in [0.15, 0.2) is 12.3 Å². The number of rotatable bonds is 5. The molecule has 2 heterocycles. The van der Waals surface area contributed by atoms with Crippen LogP contribution in [-0.2, 0) is 0 Å². The van der Waals surface area contributed by atoms with Gasteiger partial charge < -0.3 is 10.2 Å². The van der Waals surface area contributed by atoms with Gasteiger partial charge in [0.1, 0.15) is 17.6 Å². The molecule has 1 amide bonds. The van der Waals surface area contributed by atoms with Crippen LogP contribution in [0.3, 0.4) is 0 Å². The first-order chi connectivity index (χ1) is 10.1. The van der Waals surface area contributed by atoms with Crippen LogP contribution in [0, 0.1) is 10.1 Å². The summed E-state index contributed by atoms with van der Waals surface area (Å²) in [6.07, 6.45) is 2.06. The number of pyridine rings is 1. The number of thioether (sulfide) groups is 1. The third-order valence-electron chi connectivity index (χ3n) is 3.16. The molecule has 1 fully saturated rings. The van der Waals surface area contributed by atoms with E-state index in [0.29, 0.717) is 25.5 Å². The third kappa shape index (κ3) is 3.84. The summed E-state index contributed by atoms with van der Waals surface area (Å²) in [5.41, 5.74) is -0.124. The Morgan fingerprint density at radius 2 is 2.24 bits per heavy atom. The zero-order valence-electron chi connectivity index (χ0n) is 11.9. The summed E-state index contributed by atoms with van der Waals surface area (Å²) in [5, 5.41) is 14.2. The number of hydrogen-bond donors (Lipinski definition) is 1. The lowest BCUT2D eigenvalue weighted by atomic mass is 10.2. The van der Waals surface area contributed by atoms with E-state index in [4.69, 9.17) is 0 Å². The second kappa shape index (κ2) is 7.26. The zero-order chi connectivity index (χ0) is 15.2. The molecule has 0 aromatic carbocycles. The minimum atomic E-state index is -0.553. The topological polar surface area (TPSA) is 88.4 Å². The van der Waals surface area contributed by atoms with E-state index < -0.39 is 4.92 Å². The highest BCUT2D eigenvalue weighted by Crippen LogP contribution is 2.23. The van der Waals surface area contributed by atoms with Crippen LogP contribution in [0.25, 0.3) is 0 Å². The van der Waals surface area contributed by atoms with Crippen molar-refractivity contribution in [3.63, 3.8) is 0 Å². The Kier molecular flexibility index (Phi) is 5.38. The Morgan fingerprint density at radius 1 is 1.52 bits per heavy atom. The second-order valence-electron chi connectivity index (χ2n) is 4.68. The molecule has 114 valence electrons. The van der Waals surface area contributed by atoms with E-state index in [9.17, 15) is 14.9 Å². The number of carbonyl (C=O) groups excluding carboxylic acids is 1. The van der Waals surface area contributed by atoms with Crippen LogP contribution in [0.1, 0.15) is 23.7 Å². The number of nitro groups is 1. The number of anilines is 1. The molecule has 0 unspecified atom stereocenters. The molecular weight excluding hydrogens is 292 g/mol. The van der Waals surface area contributed by atoms with Gasteiger partial charge in [0.05, 0.1) is 4.92 Å². The molecule has 7 nitrogen and oxygen atoms in total. The highest BCUT2D eigenvalue weighted by Gasteiger charge is 2.26. The van der Waals surface area contributed by atoms with Crippen LogP contribution in [0.5, 0.6) is 0 Å². The number of amides is 1. The van der Waals surface area contributed by atoms with E-state index in [1.807, 2.05) is 6.92 Å². The maximum absolute atomic E-state index is 12.5. The predicted octanol–water partition coefficient (Wildman–Crippen LogP) is 2.00. The first-order valence-corrected chi connectivity index (χ1v) is 8.04. The van der Waals surface area contributed by atoms with Crippen LogP contribution in [-0.4, -0.2) is 51.9 Å². The molecule has 2 rings (SSSR count). The SMILES string of the molecule is CCCNc1cc(C(=O)N2CCSCC2)c([N+](=O)[O-])cn1. The lowest BCUT2D eigenvalue weighted by Crippen LogP contribution is -2.38. The van der Waals surface area contributed by atoms with Gasteiger partial charge >= 0.3 is 0 Å². The molecule has 0 radical (unpaired) electrons. The van der Waals surface area contributed by atoms with Crippen molar-refractivity contribution in [2.45, 2.75) is 13.3 Å². The maximum Gasteiger partial charge on any atom is 0.300 e. The molecule has 0 aliphatic carbocycles. The Morgan fingerprint density at radius 3 is 2.86 bits per heavy atom. The van der Waals surface area contributed by atoms with Gasteiger partial charge in [0.2, 0.25) is 0 Å². The van der Waals surface area contributed by atoms with Crippen molar-refractivity contribution < 1.29 is 9.72 Å². The summed E-state index contributed by atoms with van der Waals surface area (Å²) >= 11 is 1.78. The first kappa shape index (κ1) is 15.6. The maximum atomic E-state index is 12.5. The molecule has 21 heavy (non-hydrogen) atoms. The molecule has 1 saturated heterocycles. The number of aromatic nitrogens is 1. The number of nitrogens with one attached hydrogen (secondary N) is 1. The van der Waals surface area contributed by atoms with Crippen molar-refractivity contribution in [2.24, 2.45) is 0 Å². The van der Waals surface area contributed by atoms with Crippen molar-refractivity contribution >= 4 is 29.2 Å².